The van der Waals surface area contributed by atoms with Crippen LogP contribution in [0, 0.1) is 0 Å². The molecule has 0 aliphatic heterocycles. The minimum atomic E-state index is -2.07. The maximum absolute atomic E-state index is 4.38. The molecular formula is C26H23SiZr. The molecule has 0 spiro atoms. The van der Waals surface area contributed by atoms with Crippen molar-refractivity contribution >= 4 is 23.3 Å². The Hall–Kier alpha value is -2.02. The summed E-state index contributed by atoms with van der Waals surface area (Å²) in [7, 11) is 0. The molecule has 3 aromatic rings. The van der Waals surface area contributed by atoms with E-state index in [0.29, 0.717) is 7.25 Å². The second kappa shape index (κ2) is 7.78. The third-order valence-corrected chi connectivity index (χ3v) is 28.1. The topological polar surface area (TPSA) is 0 Å². The quantitative estimate of drug-likeness (QED) is 0.447. The van der Waals surface area contributed by atoms with Crippen LogP contribution in [0.5, 0.6) is 0 Å². The van der Waals surface area contributed by atoms with E-state index in [1.807, 2.05) is 0 Å². The van der Waals surface area contributed by atoms with E-state index in [4.69, 9.17) is 0 Å². The van der Waals surface area contributed by atoms with E-state index in [9.17, 15) is 0 Å². The molecule has 0 N–H and O–H groups in total. The van der Waals surface area contributed by atoms with Crippen molar-refractivity contribution in [3.8, 4) is 0 Å². The van der Waals surface area contributed by atoms with Gasteiger partial charge in [-0.25, -0.2) is 0 Å². The summed E-state index contributed by atoms with van der Waals surface area (Å²) in [5.41, 5.74) is 8.35. The zero-order valence-corrected chi connectivity index (χ0v) is 19.4. The van der Waals surface area contributed by atoms with Gasteiger partial charge in [-0.3, -0.25) is 0 Å². The molecule has 0 heterocycles. The van der Waals surface area contributed by atoms with E-state index >= 15 is 0 Å². The molecule has 0 bridgehead atoms. The van der Waals surface area contributed by atoms with Crippen LogP contribution in [0.3, 0.4) is 0 Å². The first-order valence-electron chi connectivity index (χ1n) is 9.95. The van der Waals surface area contributed by atoms with Crippen molar-refractivity contribution in [1.29, 1.82) is 0 Å². The van der Waals surface area contributed by atoms with Crippen molar-refractivity contribution in [2.75, 3.05) is 0 Å². The Morgan fingerprint density at radius 1 is 0.679 bits per heavy atom. The molecule has 0 fully saturated rings. The van der Waals surface area contributed by atoms with E-state index in [0.717, 1.165) is 0 Å². The summed E-state index contributed by atoms with van der Waals surface area (Å²) in [5.74, 6) is -1.25. The van der Waals surface area contributed by atoms with Crippen LogP contribution >= 0.6 is 0 Å². The van der Waals surface area contributed by atoms with E-state index < -0.39 is 26.8 Å². The standard InChI is InChI=1S/2C9H7.C8H9Si.Zr/c2*1-2-5-9-7-3-6-8(9)4-1;1-2-9-8-6-4-3-5-7-8;/h2*1-7H;2-7,9H,1H2;. The summed E-state index contributed by atoms with van der Waals surface area (Å²) in [4.78, 5) is 0. The molecule has 0 amide bonds. The van der Waals surface area contributed by atoms with Crippen molar-refractivity contribution in [2.45, 2.75) is 7.25 Å². The van der Waals surface area contributed by atoms with Gasteiger partial charge < -0.3 is 0 Å². The van der Waals surface area contributed by atoms with Gasteiger partial charge in [0, 0.05) is 0 Å². The summed E-state index contributed by atoms with van der Waals surface area (Å²) in [5, 5.41) is 1.57. The summed E-state index contributed by atoms with van der Waals surface area (Å²) < 4.78 is 1.27. The predicted molar refractivity (Wildman–Crippen MR) is 120 cm³/mol. The van der Waals surface area contributed by atoms with Crippen molar-refractivity contribution in [3.63, 3.8) is 0 Å². The first kappa shape index (κ1) is 18.0. The second-order valence-corrected chi connectivity index (χ2v) is 23.7. The fourth-order valence-corrected chi connectivity index (χ4v) is 28.1. The first-order chi connectivity index (χ1) is 13.9. The van der Waals surface area contributed by atoms with E-state index in [2.05, 4.69) is 115 Å². The Balaban J connectivity index is 1.65. The van der Waals surface area contributed by atoms with Gasteiger partial charge in [-0.15, -0.1) is 0 Å². The molecule has 0 saturated carbocycles. The summed E-state index contributed by atoms with van der Waals surface area (Å²) in [6, 6.07) is 29.3. The van der Waals surface area contributed by atoms with Crippen molar-refractivity contribution < 1.29 is 20.9 Å². The van der Waals surface area contributed by atoms with Crippen LogP contribution in [0.4, 0.5) is 0 Å². The van der Waals surface area contributed by atoms with Gasteiger partial charge in [-0.1, -0.05) is 0 Å². The Bertz CT molecular complexity index is 1000. The predicted octanol–water partition coefficient (Wildman–Crippen LogP) is 5.50. The Morgan fingerprint density at radius 3 is 1.71 bits per heavy atom. The molecule has 0 radical (unpaired) electrons. The van der Waals surface area contributed by atoms with Gasteiger partial charge in [0.1, 0.15) is 0 Å². The van der Waals surface area contributed by atoms with E-state index in [1.54, 1.807) is 16.3 Å². The van der Waals surface area contributed by atoms with Gasteiger partial charge in [-0.2, -0.15) is 0 Å². The molecule has 3 atom stereocenters. The van der Waals surface area contributed by atoms with Crippen LogP contribution < -0.4 is 5.19 Å². The van der Waals surface area contributed by atoms with Gasteiger partial charge in [0.25, 0.3) is 0 Å². The number of hydrogen-bond donors (Lipinski definition) is 0. The van der Waals surface area contributed by atoms with E-state index in [-0.39, 0.29) is 0 Å². The van der Waals surface area contributed by atoms with Gasteiger partial charge >= 0.3 is 177 Å². The molecule has 0 saturated heterocycles. The molecule has 2 aliphatic rings. The fourth-order valence-electron chi connectivity index (χ4n) is 4.79. The number of fused-ring (bicyclic) bond motifs is 2. The molecule has 135 valence electrons. The van der Waals surface area contributed by atoms with Crippen LogP contribution in [0.2, 0.25) is 0 Å². The van der Waals surface area contributed by atoms with Crippen molar-refractivity contribution in [3.05, 3.63) is 126 Å². The number of allylic oxidation sites excluding steroid dienone is 2. The summed E-state index contributed by atoms with van der Waals surface area (Å²) in [6.07, 6.45) is 9.79. The first-order valence-corrected chi connectivity index (χ1v) is 18.9. The third kappa shape index (κ3) is 3.09. The zero-order chi connectivity index (χ0) is 18.9. The second-order valence-electron chi connectivity index (χ2n) is 7.56. The number of hydrogen-bond acceptors (Lipinski definition) is 0. The summed E-state index contributed by atoms with van der Waals surface area (Å²) >= 11 is -2.07. The maximum atomic E-state index is 4.38. The van der Waals surface area contributed by atoms with Crippen LogP contribution in [0.1, 0.15) is 29.5 Å². The SMILES string of the molecule is C=C[SiH](c1ccccc1)[Zr]([CH]1C=Cc2ccccc21)[CH]1C=Cc2ccccc21. The Labute approximate surface area is 176 Å². The van der Waals surface area contributed by atoms with Crippen LogP contribution in [-0.4, -0.2) is 5.92 Å². The molecule has 0 nitrogen and oxygen atoms in total. The van der Waals surface area contributed by atoms with Gasteiger partial charge in [0.15, 0.2) is 0 Å². The van der Waals surface area contributed by atoms with Crippen LogP contribution in [-0.2, 0) is 20.9 Å². The minimum absolute atomic E-state index is 0.634. The van der Waals surface area contributed by atoms with Crippen LogP contribution in [0.15, 0.2) is 103 Å². The molecule has 2 aliphatic carbocycles. The third-order valence-electron chi connectivity index (χ3n) is 6.07. The molecular weight excluding hydrogens is 432 g/mol. The average molecular weight is 455 g/mol. The van der Waals surface area contributed by atoms with Crippen molar-refractivity contribution in [1.82, 2.24) is 0 Å². The monoisotopic (exact) mass is 453 g/mol. The van der Waals surface area contributed by atoms with Crippen molar-refractivity contribution in [2.24, 2.45) is 0 Å². The van der Waals surface area contributed by atoms with Gasteiger partial charge in [-0.05, 0) is 0 Å². The molecule has 3 unspecified atom stereocenters. The zero-order valence-electron chi connectivity index (χ0n) is 15.8. The Morgan fingerprint density at radius 2 is 1.18 bits per heavy atom. The molecule has 5 rings (SSSR count). The molecule has 0 aromatic heterocycles. The molecule has 28 heavy (non-hydrogen) atoms. The average Bonchev–Trinajstić information content (AvgIpc) is 3.37. The normalized spacial score (nSPS) is 19.9. The molecule has 2 heteroatoms. The van der Waals surface area contributed by atoms with Gasteiger partial charge in [0.05, 0.1) is 0 Å². The number of rotatable bonds is 5. The number of benzene rings is 3. The fraction of sp³-hybridized carbons (Fsp3) is 0.0769. The van der Waals surface area contributed by atoms with E-state index in [1.165, 1.54) is 11.1 Å². The van der Waals surface area contributed by atoms with Crippen LogP contribution in [0.25, 0.3) is 12.2 Å². The summed E-state index contributed by atoms with van der Waals surface area (Å²) in [6.45, 7) is 4.38. The van der Waals surface area contributed by atoms with Gasteiger partial charge in [0.2, 0.25) is 0 Å². The Kier molecular flexibility index (Phi) is 5.01. The molecule has 3 aromatic carbocycles.